The Balaban J connectivity index is 2.76. The van der Waals surface area contributed by atoms with Crippen LogP contribution in [0.4, 0.5) is 0 Å². The lowest BCUT2D eigenvalue weighted by atomic mass is 9.91. The molecule has 0 radical (unpaired) electrons. The second kappa shape index (κ2) is 2.62. The maximum Gasteiger partial charge on any atom is 0.160 e. The number of aliphatic imine (C=N–C) groups is 1. The van der Waals surface area contributed by atoms with E-state index in [1.54, 1.807) is 11.8 Å². The van der Waals surface area contributed by atoms with Crippen molar-refractivity contribution < 1.29 is 0 Å². The average Bonchev–Trinajstić information content (AvgIpc) is 2.11. The fourth-order valence-electron chi connectivity index (χ4n) is 0.689. The van der Waals surface area contributed by atoms with Crippen molar-refractivity contribution >= 4 is 34.0 Å². The zero-order chi connectivity index (χ0) is 7.78. The minimum absolute atomic E-state index is 0.202. The highest BCUT2D eigenvalue weighted by molar-refractivity contribution is 8.23. The summed E-state index contributed by atoms with van der Waals surface area (Å²) in [6.45, 7) is 6.50. The number of nitrogens with zero attached hydrogens (tertiary/aromatic N) is 1. The Morgan fingerprint density at radius 1 is 1.50 bits per heavy atom. The number of thiocarbonyl (C=S) groups is 1. The first-order chi connectivity index (χ1) is 4.50. The van der Waals surface area contributed by atoms with Gasteiger partial charge in [0, 0.05) is 16.9 Å². The fourth-order valence-corrected chi connectivity index (χ4v) is 1.91. The highest BCUT2D eigenvalue weighted by atomic mass is 32.2. The van der Waals surface area contributed by atoms with Crippen LogP contribution in [0.3, 0.4) is 0 Å². The molecule has 0 aromatic rings. The topological polar surface area (TPSA) is 12.4 Å². The molecule has 0 fully saturated rings. The lowest BCUT2D eigenvalue weighted by Crippen LogP contribution is -2.20. The van der Waals surface area contributed by atoms with Gasteiger partial charge in [-0.1, -0.05) is 44.8 Å². The smallest absolute Gasteiger partial charge is 0.160 e. The van der Waals surface area contributed by atoms with E-state index in [2.05, 4.69) is 25.8 Å². The van der Waals surface area contributed by atoms with Crippen LogP contribution in [0.2, 0.25) is 0 Å². The molecule has 0 saturated carbocycles. The van der Waals surface area contributed by atoms with E-state index >= 15 is 0 Å². The summed E-state index contributed by atoms with van der Waals surface area (Å²) in [5.41, 5.74) is 1.43. The second-order valence-electron chi connectivity index (χ2n) is 3.36. The molecule has 0 amide bonds. The molecule has 0 aromatic carbocycles. The van der Waals surface area contributed by atoms with Crippen molar-refractivity contribution in [2.75, 3.05) is 5.75 Å². The van der Waals surface area contributed by atoms with Gasteiger partial charge in [0.1, 0.15) is 0 Å². The molecule has 1 nitrogen and oxygen atoms in total. The van der Waals surface area contributed by atoms with Crippen LogP contribution in [0.1, 0.15) is 20.8 Å². The molecule has 0 saturated heterocycles. The molecule has 0 aliphatic carbocycles. The average molecular weight is 173 g/mol. The van der Waals surface area contributed by atoms with Gasteiger partial charge in [0.05, 0.1) is 0 Å². The first kappa shape index (κ1) is 8.21. The van der Waals surface area contributed by atoms with Crippen LogP contribution in [0.25, 0.3) is 0 Å². The SMILES string of the molecule is CC(C)(C)C1=NC(=S)SC1. The zero-order valence-corrected chi connectivity index (χ0v) is 8.10. The molecule has 56 valence electrons. The molecule has 0 bridgehead atoms. The van der Waals surface area contributed by atoms with E-state index in [4.69, 9.17) is 12.2 Å². The fraction of sp³-hybridized carbons (Fsp3) is 0.714. The predicted octanol–water partition coefficient (Wildman–Crippen LogP) is 2.51. The van der Waals surface area contributed by atoms with Gasteiger partial charge in [0.2, 0.25) is 0 Å². The van der Waals surface area contributed by atoms with Crippen LogP contribution >= 0.6 is 24.0 Å². The Hall–Kier alpha value is 0.110. The quantitative estimate of drug-likeness (QED) is 0.522. The third kappa shape index (κ3) is 1.80. The number of hydrogen-bond acceptors (Lipinski definition) is 2. The van der Waals surface area contributed by atoms with Crippen molar-refractivity contribution in [3.63, 3.8) is 0 Å². The Bertz CT molecular complexity index is 188. The summed E-state index contributed by atoms with van der Waals surface area (Å²) < 4.78 is 0.796. The van der Waals surface area contributed by atoms with Gasteiger partial charge >= 0.3 is 0 Å². The standard InChI is InChI=1S/C7H11NS2/c1-7(2,3)5-4-10-6(9)8-5/h4H2,1-3H3. The van der Waals surface area contributed by atoms with Crippen LogP contribution in [0.5, 0.6) is 0 Å². The predicted molar refractivity (Wildman–Crippen MR) is 51.9 cm³/mol. The van der Waals surface area contributed by atoms with Crippen LogP contribution in [-0.2, 0) is 0 Å². The molecule has 0 unspecified atom stereocenters. The minimum atomic E-state index is 0.202. The highest BCUT2D eigenvalue weighted by Gasteiger charge is 2.23. The lowest BCUT2D eigenvalue weighted by Gasteiger charge is -2.16. The summed E-state index contributed by atoms with van der Waals surface area (Å²) in [6, 6.07) is 0. The van der Waals surface area contributed by atoms with Crippen LogP contribution in [-0.4, -0.2) is 15.8 Å². The highest BCUT2D eigenvalue weighted by Crippen LogP contribution is 2.25. The molecule has 0 N–H and O–H groups in total. The first-order valence-corrected chi connectivity index (χ1v) is 4.64. The van der Waals surface area contributed by atoms with Crippen LogP contribution < -0.4 is 0 Å². The molecular formula is C7H11NS2. The summed E-state index contributed by atoms with van der Waals surface area (Å²) in [5, 5.41) is 0. The Morgan fingerprint density at radius 2 is 2.10 bits per heavy atom. The summed E-state index contributed by atoms with van der Waals surface area (Å²) in [4.78, 5) is 4.27. The zero-order valence-electron chi connectivity index (χ0n) is 6.47. The minimum Gasteiger partial charge on any atom is -0.238 e. The van der Waals surface area contributed by atoms with Gasteiger partial charge in [-0.15, -0.1) is 0 Å². The van der Waals surface area contributed by atoms with E-state index in [0.29, 0.717) is 0 Å². The Kier molecular flexibility index (Phi) is 2.15. The molecule has 0 atom stereocenters. The molecule has 1 heterocycles. The monoisotopic (exact) mass is 173 g/mol. The van der Waals surface area contributed by atoms with Crippen molar-refractivity contribution in [2.24, 2.45) is 10.4 Å². The van der Waals surface area contributed by atoms with Gasteiger partial charge in [-0.25, -0.2) is 4.99 Å². The summed E-state index contributed by atoms with van der Waals surface area (Å²) in [5.74, 6) is 0.988. The molecule has 1 aliphatic rings. The molecular weight excluding hydrogens is 162 g/mol. The van der Waals surface area contributed by atoms with Gasteiger partial charge in [-0.2, -0.15) is 0 Å². The van der Waals surface area contributed by atoms with E-state index < -0.39 is 0 Å². The van der Waals surface area contributed by atoms with E-state index in [0.717, 1.165) is 10.1 Å². The number of hydrogen-bond donors (Lipinski definition) is 0. The third-order valence-corrected chi connectivity index (χ3v) is 2.63. The lowest BCUT2D eigenvalue weighted by molar-refractivity contribution is 0.591. The number of rotatable bonds is 0. The maximum absolute atomic E-state index is 4.94. The molecule has 3 heteroatoms. The number of thioether (sulfide) groups is 1. The molecule has 1 aliphatic heterocycles. The largest absolute Gasteiger partial charge is 0.238 e. The van der Waals surface area contributed by atoms with Gasteiger partial charge < -0.3 is 0 Å². The summed E-state index contributed by atoms with van der Waals surface area (Å²) in [7, 11) is 0. The summed E-state index contributed by atoms with van der Waals surface area (Å²) >= 11 is 6.60. The van der Waals surface area contributed by atoms with Crippen molar-refractivity contribution in [2.45, 2.75) is 20.8 Å². The van der Waals surface area contributed by atoms with E-state index in [-0.39, 0.29) is 5.41 Å². The molecule has 0 aromatic heterocycles. The molecule has 0 spiro atoms. The van der Waals surface area contributed by atoms with Gasteiger partial charge in [0.25, 0.3) is 0 Å². The van der Waals surface area contributed by atoms with E-state index in [1.807, 2.05) is 0 Å². The Morgan fingerprint density at radius 3 is 2.30 bits per heavy atom. The van der Waals surface area contributed by atoms with Gasteiger partial charge in [-0.3, -0.25) is 0 Å². The molecule has 1 rings (SSSR count). The van der Waals surface area contributed by atoms with E-state index in [1.165, 1.54) is 5.71 Å². The Labute approximate surface area is 71.3 Å². The van der Waals surface area contributed by atoms with Crippen molar-refractivity contribution in [3.05, 3.63) is 0 Å². The van der Waals surface area contributed by atoms with Crippen molar-refractivity contribution in [3.8, 4) is 0 Å². The van der Waals surface area contributed by atoms with Crippen LogP contribution in [0.15, 0.2) is 4.99 Å². The van der Waals surface area contributed by atoms with Gasteiger partial charge in [-0.05, 0) is 0 Å². The second-order valence-corrected chi connectivity index (χ2v) is 4.97. The third-order valence-electron chi connectivity index (χ3n) is 1.42. The molecule has 10 heavy (non-hydrogen) atoms. The van der Waals surface area contributed by atoms with E-state index in [9.17, 15) is 0 Å². The maximum atomic E-state index is 4.94. The normalized spacial score (nSPS) is 19.5. The summed E-state index contributed by atoms with van der Waals surface area (Å²) in [6.07, 6.45) is 0. The van der Waals surface area contributed by atoms with Gasteiger partial charge in [0.15, 0.2) is 4.32 Å². The first-order valence-electron chi connectivity index (χ1n) is 3.25. The van der Waals surface area contributed by atoms with Crippen molar-refractivity contribution in [1.29, 1.82) is 0 Å². The van der Waals surface area contributed by atoms with Crippen LogP contribution in [0, 0.1) is 5.41 Å². The van der Waals surface area contributed by atoms with Crippen molar-refractivity contribution in [1.82, 2.24) is 0 Å².